The van der Waals surface area contributed by atoms with Crippen LogP contribution in [-0.4, -0.2) is 45.5 Å². The number of amides is 2. The number of anilines is 1. The van der Waals surface area contributed by atoms with Crippen LogP contribution in [0.2, 0.25) is 0 Å². The van der Waals surface area contributed by atoms with Gasteiger partial charge < -0.3 is 10.0 Å². The molecule has 1 aromatic heterocycles. The van der Waals surface area contributed by atoms with E-state index in [-0.39, 0.29) is 18.6 Å². The minimum atomic E-state index is -0.152. The van der Waals surface area contributed by atoms with Gasteiger partial charge in [-0.05, 0) is 12.0 Å². The van der Waals surface area contributed by atoms with E-state index in [0.717, 1.165) is 12.0 Å². The molecule has 0 spiro atoms. The number of urea groups is 1. The summed E-state index contributed by atoms with van der Waals surface area (Å²) in [6.07, 6.45) is 2.70. The zero-order valence-electron chi connectivity index (χ0n) is 12.4. The fourth-order valence-corrected chi connectivity index (χ4v) is 2.64. The number of aliphatic hydroxyl groups excluding tert-OH is 1. The zero-order chi connectivity index (χ0) is 15.4. The van der Waals surface area contributed by atoms with E-state index in [0.29, 0.717) is 25.5 Å². The monoisotopic (exact) mass is 300 g/mol. The Morgan fingerprint density at radius 1 is 1.32 bits per heavy atom. The summed E-state index contributed by atoms with van der Waals surface area (Å²) in [4.78, 5) is 13.8. The van der Waals surface area contributed by atoms with Gasteiger partial charge in [0.25, 0.3) is 0 Å². The van der Waals surface area contributed by atoms with Gasteiger partial charge in [0.05, 0.1) is 6.54 Å². The Balaban J connectivity index is 1.56. The Bertz CT molecular complexity index is 626. The molecule has 0 aliphatic carbocycles. The molecular formula is C16H20N4O2. The standard InChI is InChI=1S/C16H20N4O2/c21-12-14-6-8-19(10-14)16(22)17-15-7-9-20(18-15)11-13-4-2-1-3-5-13/h1-5,7,9,14,21H,6,8,10-12H2,(H,17,18,22). The van der Waals surface area contributed by atoms with Crippen molar-refractivity contribution in [3.05, 3.63) is 48.2 Å². The second-order valence-corrected chi connectivity index (χ2v) is 5.60. The van der Waals surface area contributed by atoms with E-state index < -0.39 is 0 Å². The van der Waals surface area contributed by atoms with Crippen molar-refractivity contribution < 1.29 is 9.90 Å². The van der Waals surface area contributed by atoms with E-state index in [1.807, 2.05) is 36.5 Å². The summed E-state index contributed by atoms with van der Waals surface area (Å²) in [5.41, 5.74) is 1.16. The lowest BCUT2D eigenvalue weighted by Gasteiger charge is -2.15. The number of benzene rings is 1. The summed E-state index contributed by atoms with van der Waals surface area (Å²) in [7, 11) is 0. The van der Waals surface area contributed by atoms with E-state index in [1.165, 1.54) is 0 Å². The first-order valence-electron chi connectivity index (χ1n) is 7.49. The van der Waals surface area contributed by atoms with Crippen molar-refractivity contribution in [2.45, 2.75) is 13.0 Å². The van der Waals surface area contributed by atoms with Gasteiger partial charge in [-0.15, -0.1) is 0 Å². The molecule has 1 saturated heterocycles. The van der Waals surface area contributed by atoms with Gasteiger partial charge >= 0.3 is 6.03 Å². The lowest BCUT2D eigenvalue weighted by Crippen LogP contribution is -2.33. The molecule has 1 aromatic carbocycles. The van der Waals surface area contributed by atoms with Gasteiger partial charge in [0, 0.05) is 37.9 Å². The molecule has 6 nitrogen and oxygen atoms in total. The van der Waals surface area contributed by atoms with Gasteiger partial charge in [-0.1, -0.05) is 30.3 Å². The van der Waals surface area contributed by atoms with Gasteiger partial charge in [-0.2, -0.15) is 5.10 Å². The lowest BCUT2D eigenvalue weighted by atomic mass is 10.1. The highest BCUT2D eigenvalue weighted by Crippen LogP contribution is 2.16. The summed E-state index contributed by atoms with van der Waals surface area (Å²) in [5, 5.41) is 16.3. The van der Waals surface area contributed by atoms with Gasteiger partial charge in [-0.3, -0.25) is 10.00 Å². The van der Waals surface area contributed by atoms with Crippen LogP contribution >= 0.6 is 0 Å². The fraction of sp³-hybridized carbons (Fsp3) is 0.375. The molecule has 2 heterocycles. The molecule has 1 fully saturated rings. The van der Waals surface area contributed by atoms with Crippen LogP contribution in [0.4, 0.5) is 10.6 Å². The zero-order valence-corrected chi connectivity index (χ0v) is 12.4. The van der Waals surface area contributed by atoms with Crippen molar-refractivity contribution in [1.82, 2.24) is 14.7 Å². The van der Waals surface area contributed by atoms with Gasteiger partial charge in [0.1, 0.15) is 0 Å². The van der Waals surface area contributed by atoms with Crippen molar-refractivity contribution in [3.8, 4) is 0 Å². The van der Waals surface area contributed by atoms with Gasteiger partial charge in [0.15, 0.2) is 5.82 Å². The Morgan fingerprint density at radius 3 is 2.86 bits per heavy atom. The first-order chi connectivity index (χ1) is 10.7. The van der Waals surface area contributed by atoms with Crippen LogP contribution < -0.4 is 5.32 Å². The predicted octanol–water partition coefficient (Wildman–Crippen LogP) is 1.78. The molecule has 2 amide bonds. The maximum absolute atomic E-state index is 12.1. The summed E-state index contributed by atoms with van der Waals surface area (Å²) >= 11 is 0. The molecule has 0 bridgehead atoms. The van der Waals surface area contributed by atoms with E-state index in [4.69, 9.17) is 5.11 Å². The highest BCUT2D eigenvalue weighted by molar-refractivity contribution is 5.88. The first-order valence-corrected chi connectivity index (χ1v) is 7.49. The minimum Gasteiger partial charge on any atom is -0.396 e. The summed E-state index contributed by atoms with van der Waals surface area (Å²) < 4.78 is 1.80. The number of nitrogens with zero attached hydrogens (tertiary/aromatic N) is 3. The second kappa shape index (κ2) is 6.62. The van der Waals surface area contributed by atoms with Crippen molar-refractivity contribution in [2.24, 2.45) is 5.92 Å². The van der Waals surface area contributed by atoms with E-state index in [9.17, 15) is 4.79 Å². The number of aromatic nitrogens is 2. The number of hydrogen-bond acceptors (Lipinski definition) is 3. The Kier molecular flexibility index (Phi) is 4.39. The quantitative estimate of drug-likeness (QED) is 0.904. The predicted molar refractivity (Wildman–Crippen MR) is 83.6 cm³/mol. The van der Waals surface area contributed by atoms with Crippen LogP contribution in [0.25, 0.3) is 0 Å². The fourth-order valence-electron chi connectivity index (χ4n) is 2.64. The molecule has 0 radical (unpaired) electrons. The highest BCUT2D eigenvalue weighted by atomic mass is 16.3. The maximum atomic E-state index is 12.1. The third kappa shape index (κ3) is 3.46. The Hall–Kier alpha value is -2.34. The highest BCUT2D eigenvalue weighted by Gasteiger charge is 2.25. The van der Waals surface area contributed by atoms with Crippen molar-refractivity contribution in [1.29, 1.82) is 0 Å². The normalized spacial score (nSPS) is 17.7. The molecule has 22 heavy (non-hydrogen) atoms. The topological polar surface area (TPSA) is 70.4 Å². The SMILES string of the molecule is O=C(Nc1ccn(Cc2ccccc2)n1)N1CCC(CO)C1. The van der Waals surface area contributed by atoms with E-state index >= 15 is 0 Å². The van der Waals surface area contributed by atoms with Crippen LogP contribution in [0, 0.1) is 5.92 Å². The molecule has 3 rings (SSSR count). The van der Waals surface area contributed by atoms with Crippen LogP contribution in [0.5, 0.6) is 0 Å². The van der Waals surface area contributed by atoms with E-state index in [1.54, 1.807) is 15.6 Å². The molecular weight excluding hydrogens is 280 g/mol. The number of carbonyl (C=O) groups is 1. The molecule has 0 saturated carbocycles. The maximum Gasteiger partial charge on any atom is 0.323 e. The number of hydrogen-bond donors (Lipinski definition) is 2. The average Bonchev–Trinajstić information content (AvgIpc) is 3.17. The average molecular weight is 300 g/mol. The minimum absolute atomic E-state index is 0.134. The van der Waals surface area contributed by atoms with Crippen LogP contribution in [-0.2, 0) is 6.54 Å². The first kappa shape index (κ1) is 14.6. The molecule has 2 aromatic rings. The molecule has 2 N–H and O–H groups in total. The third-order valence-corrected chi connectivity index (χ3v) is 3.89. The smallest absolute Gasteiger partial charge is 0.323 e. The Labute approximate surface area is 129 Å². The number of carbonyl (C=O) groups excluding carboxylic acids is 1. The lowest BCUT2D eigenvalue weighted by molar-refractivity contribution is 0.208. The van der Waals surface area contributed by atoms with Gasteiger partial charge in [0.2, 0.25) is 0 Å². The van der Waals surface area contributed by atoms with Crippen molar-refractivity contribution >= 4 is 11.8 Å². The molecule has 116 valence electrons. The molecule has 6 heteroatoms. The summed E-state index contributed by atoms with van der Waals surface area (Å²) in [6, 6.07) is 11.7. The number of aliphatic hydroxyl groups is 1. The number of rotatable bonds is 4. The van der Waals surface area contributed by atoms with Crippen LogP contribution in [0.1, 0.15) is 12.0 Å². The second-order valence-electron chi connectivity index (χ2n) is 5.60. The van der Waals surface area contributed by atoms with Crippen molar-refractivity contribution in [3.63, 3.8) is 0 Å². The number of likely N-dealkylation sites (tertiary alicyclic amines) is 1. The van der Waals surface area contributed by atoms with Crippen molar-refractivity contribution in [2.75, 3.05) is 25.0 Å². The van der Waals surface area contributed by atoms with Gasteiger partial charge in [-0.25, -0.2) is 4.79 Å². The molecule has 1 unspecified atom stereocenters. The van der Waals surface area contributed by atoms with Crippen LogP contribution in [0.3, 0.4) is 0 Å². The number of nitrogens with one attached hydrogen (secondary N) is 1. The largest absolute Gasteiger partial charge is 0.396 e. The molecule has 1 aliphatic rings. The molecule has 1 aliphatic heterocycles. The summed E-state index contributed by atoms with van der Waals surface area (Å²) in [5.74, 6) is 0.745. The van der Waals surface area contributed by atoms with E-state index in [2.05, 4.69) is 10.4 Å². The third-order valence-electron chi connectivity index (χ3n) is 3.89. The summed E-state index contributed by atoms with van der Waals surface area (Å²) in [6.45, 7) is 2.09. The Morgan fingerprint density at radius 2 is 2.14 bits per heavy atom. The molecule has 1 atom stereocenters. The van der Waals surface area contributed by atoms with Crippen LogP contribution in [0.15, 0.2) is 42.6 Å².